The van der Waals surface area contributed by atoms with Crippen molar-refractivity contribution >= 4 is 55.9 Å². The van der Waals surface area contributed by atoms with Crippen molar-refractivity contribution in [2.24, 2.45) is 0 Å². The predicted octanol–water partition coefficient (Wildman–Crippen LogP) is 4.67. The van der Waals surface area contributed by atoms with Crippen LogP contribution in [0.4, 0.5) is 11.4 Å². The largest absolute Gasteiger partial charge is 0.328 e. The molecule has 0 aliphatic heterocycles. The minimum absolute atomic E-state index is 0.180. The number of nitrogens with zero attached hydrogens (tertiary/aromatic N) is 1. The van der Waals surface area contributed by atoms with E-state index in [1.54, 1.807) is 60.7 Å². The molecule has 3 aromatic carbocycles. The molecule has 0 aliphatic rings. The van der Waals surface area contributed by atoms with Gasteiger partial charge in [0.15, 0.2) is 0 Å². The summed E-state index contributed by atoms with van der Waals surface area (Å²) in [5.74, 6) is -2.18. The number of benzene rings is 3. The Morgan fingerprint density at radius 2 is 1.47 bits per heavy atom. The quantitative estimate of drug-likeness (QED) is 0.362. The summed E-state index contributed by atoms with van der Waals surface area (Å²) in [6.07, 6.45) is 0. The second kappa shape index (κ2) is 9.07. The summed E-state index contributed by atoms with van der Waals surface area (Å²) < 4.78 is 2.14. The Hall–Kier alpha value is -3.91. The van der Waals surface area contributed by atoms with Crippen LogP contribution >= 0.6 is 15.9 Å². The Bertz CT molecular complexity index is 1310. The first kappa shape index (κ1) is 21.3. The number of aromatic nitrogens is 1. The Kier molecular flexibility index (Phi) is 6.04. The molecule has 8 heteroatoms. The molecule has 160 valence electrons. The lowest BCUT2D eigenvalue weighted by Crippen LogP contribution is -2.36. The number of para-hydroxylation sites is 1. The fourth-order valence-corrected chi connectivity index (χ4v) is 3.55. The lowest BCUT2D eigenvalue weighted by molar-refractivity contribution is -0.133. The number of halogens is 1. The van der Waals surface area contributed by atoms with Gasteiger partial charge in [-0.2, -0.15) is 0 Å². The molecule has 32 heavy (non-hydrogen) atoms. The van der Waals surface area contributed by atoms with Crippen molar-refractivity contribution in [1.29, 1.82) is 0 Å². The number of carbonyl (C=O) groups is 3. The van der Waals surface area contributed by atoms with E-state index < -0.39 is 17.7 Å². The van der Waals surface area contributed by atoms with E-state index in [1.807, 2.05) is 25.1 Å². The molecular formula is C24H19BrN4O3. The zero-order chi connectivity index (χ0) is 22.7. The number of hydrogen-bond donors (Lipinski definition) is 3. The second-order valence-corrected chi connectivity index (χ2v) is 8.07. The van der Waals surface area contributed by atoms with Crippen LogP contribution in [0.15, 0.2) is 83.3 Å². The van der Waals surface area contributed by atoms with E-state index >= 15 is 0 Å². The van der Waals surface area contributed by atoms with Gasteiger partial charge in [0.2, 0.25) is 0 Å². The van der Waals surface area contributed by atoms with Gasteiger partial charge in [-0.15, -0.1) is 0 Å². The molecule has 0 bridgehead atoms. The molecule has 0 saturated carbocycles. The first-order valence-electron chi connectivity index (χ1n) is 9.77. The van der Waals surface area contributed by atoms with Gasteiger partial charge in [0, 0.05) is 21.2 Å². The molecule has 0 radical (unpaired) electrons. The number of nitrogens with one attached hydrogen (secondary N) is 3. The zero-order valence-electron chi connectivity index (χ0n) is 17.1. The fraction of sp³-hybridized carbons (Fsp3) is 0.0417. The Balaban J connectivity index is 1.63. The molecule has 0 unspecified atom stereocenters. The lowest BCUT2D eigenvalue weighted by atomic mass is 10.2. The summed E-state index contributed by atoms with van der Waals surface area (Å²) in [4.78, 5) is 38.0. The lowest BCUT2D eigenvalue weighted by Gasteiger charge is -2.13. The molecule has 0 spiro atoms. The molecule has 4 aromatic rings. The molecule has 7 nitrogen and oxygen atoms in total. The molecule has 0 saturated heterocycles. The van der Waals surface area contributed by atoms with Gasteiger partial charge in [-0.3, -0.25) is 19.8 Å². The highest BCUT2D eigenvalue weighted by Gasteiger charge is 2.21. The Labute approximate surface area is 192 Å². The number of aryl methyl sites for hydroxylation is 1. The van der Waals surface area contributed by atoms with Crippen LogP contribution in [0, 0.1) is 6.92 Å². The normalized spacial score (nSPS) is 10.6. The predicted molar refractivity (Wildman–Crippen MR) is 128 cm³/mol. The van der Waals surface area contributed by atoms with Gasteiger partial charge < -0.3 is 10.6 Å². The minimum atomic E-state index is -0.904. The molecule has 4 rings (SSSR count). The molecule has 1 aromatic heterocycles. The van der Waals surface area contributed by atoms with E-state index in [9.17, 15) is 14.4 Å². The fourth-order valence-electron chi connectivity index (χ4n) is 3.17. The molecule has 3 amide bonds. The smallest absolute Gasteiger partial charge is 0.321 e. The van der Waals surface area contributed by atoms with Crippen molar-refractivity contribution < 1.29 is 14.4 Å². The van der Waals surface area contributed by atoms with Crippen molar-refractivity contribution in [3.8, 4) is 0 Å². The number of amides is 3. The van der Waals surface area contributed by atoms with Crippen molar-refractivity contribution in [3.05, 3.63) is 94.6 Å². The third-order valence-electron chi connectivity index (χ3n) is 4.76. The topological polar surface area (TPSA) is 92.2 Å². The zero-order valence-corrected chi connectivity index (χ0v) is 18.6. The van der Waals surface area contributed by atoms with Gasteiger partial charge in [0.25, 0.3) is 5.91 Å². The van der Waals surface area contributed by atoms with Gasteiger partial charge in [0.05, 0.1) is 5.52 Å². The standard InChI is InChI=1S/C24H19BrN4O3/c1-15-7-10-19(11-8-15)26-22(30)21-14-16-13-17(25)9-12-20(16)29(21)28-24(32)23(31)27-18-5-3-2-4-6-18/h2-14H,1H3,(H,26,30)(H,27,31)(H,28,32). The summed E-state index contributed by atoms with van der Waals surface area (Å²) in [6.45, 7) is 1.96. The highest BCUT2D eigenvalue weighted by Crippen LogP contribution is 2.24. The van der Waals surface area contributed by atoms with Crippen LogP contribution in [0.2, 0.25) is 0 Å². The maximum atomic E-state index is 13.0. The molecule has 0 aliphatic carbocycles. The van der Waals surface area contributed by atoms with E-state index in [0.29, 0.717) is 16.9 Å². The van der Waals surface area contributed by atoms with E-state index in [0.717, 1.165) is 15.4 Å². The van der Waals surface area contributed by atoms with E-state index in [-0.39, 0.29) is 5.69 Å². The second-order valence-electron chi connectivity index (χ2n) is 7.15. The van der Waals surface area contributed by atoms with Crippen molar-refractivity contribution in [1.82, 2.24) is 4.68 Å². The van der Waals surface area contributed by atoms with Crippen molar-refractivity contribution in [3.63, 3.8) is 0 Å². The molecular weight excluding hydrogens is 472 g/mol. The number of hydrogen-bond acceptors (Lipinski definition) is 3. The van der Waals surface area contributed by atoms with Crippen LogP contribution < -0.4 is 16.1 Å². The van der Waals surface area contributed by atoms with Crippen molar-refractivity contribution in [2.45, 2.75) is 6.92 Å². The van der Waals surface area contributed by atoms with E-state index in [2.05, 4.69) is 32.0 Å². The molecule has 0 fully saturated rings. The highest BCUT2D eigenvalue weighted by molar-refractivity contribution is 9.10. The summed E-state index contributed by atoms with van der Waals surface area (Å²) in [5, 5.41) is 6.07. The Morgan fingerprint density at radius 3 is 2.19 bits per heavy atom. The first-order valence-corrected chi connectivity index (χ1v) is 10.6. The minimum Gasteiger partial charge on any atom is -0.321 e. The van der Waals surface area contributed by atoms with Gasteiger partial charge in [-0.25, -0.2) is 4.68 Å². The average Bonchev–Trinajstić information content (AvgIpc) is 3.13. The Morgan fingerprint density at radius 1 is 0.781 bits per heavy atom. The molecule has 0 atom stereocenters. The third kappa shape index (κ3) is 4.70. The van der Waals surface area contributed by atoms with Gasteiger partial charge in [0.1, 0.15) is 5.69 Å². The summed E-state index contributed by atoms with van der Waals surface area (Å²) in [6, 6.07) is 23.0. The highest BCUT2D eigenvalue weighted by atomic mass is 79.9. The first-order chi connectivity index (χ1) is 15.4. The van der Waals surface area contributed by atoms with Crippen LogP contribution in [-0.2, 0) is 9.59 Å². The maximum Gasteiger partial charge on any atom is 0.328 e. The van der Waals surface area contributed by atoms with Crippen LogP contribution in [0.3, 0.4) is 0 Å². The monoisotopic (exact) mass is 490 g/mol. The van der Waals surface area contributed by atoms with Gasteiger partial charge in [-0.05, 0) is 55.5 Å². The van der Waals surface area contributed by atoms with Crippen LogP contribution in [0.25, 0.3) is 10.9 Å². The number of anilines is 2. The molecule has 1 heterocycles. The SMILES string of the molecule is Cc1ccc(NC(=O)c2cc3cc(Br)ccc3n2NC(=O)C(=O)Nc2ccccc2)cc1. The summed E-state index contributed by atoms with van der Waals surface area (Å²) >= 11 is 3.41. The maximum absolute atomic E-state index is 13.0. The van der Waals surface area contributed by atoms with E-state index in [4.69, 9.17) is 0 Å². The van der Waals surface area contributed by atoms with E-state index in [1.165, 1.54) is 4.68 Å². The number of fused-ring (bicyclic) bond motifs is 1. The molecule has 3 N–H and O–H groups in total. The van der Waals surface area contributed by atoms with Gasteiger partial charge in [-0.1, -0.05) is 51.8 Å². The van der Waals surface area contributed by atoms with Crippen molar-refractivity contribution in [2.75, 3.05) is 16.1 Å². The summed E-state index contributed by atoms with van der Waals surface area (Å²) in [7, 11) is 0. The van der Waals surface area contributed by atoms with Gasteiger partial charge >= 0.3 is 11.8 Å². The summed E-state index contributed by atoms with van der Waals surface area (Å²) in [5.41, 5.74) is 5.47. The third-order valence-corrected chi connectivity index (χ3v) is 5.25. The number of rotatable bonds is 4. The van der Waals surface area contributed by atoms with Crippen LogP contribution in [0.1, 0.15) is 16.1 Å². The van der Waals surface area contributed by atoms with Crippen LogP contribution in [0.5, 0.6) is 0 Å². The van der Waals surface area contributed by atoms with Crippen LogP contribution in [-0.4, -0.2) is 22.4 Å². The number of carbonyl (C=O) groups excluding carboxylic acids is 3. The average molecular weight is 491 g/mol.